The number of nitrogens with one attached hydrogen (secondary N) is 1. The Morgan fingerprint density at radius 1 is 1.14 bits per heavy atom. The summed E-state index contributed by atoms with van der Waals surface area (Å²) in [5.41, 5.74) is -0.260. The normalized spacial score (nSPS) is 29.3. The van der Waals surface area contributed by atoms with Crippen molar-refractivity contribution in [2.75, 3.05) is 25.0 Å². The van der Waals surface area contributed by atoms with Crippen LogP contribution in [0.15, 0.2) is 30.5 Å². The van der Waals surface area contributed by atoms with Gasteiger partial charge in [-0.1, -0.05) is 13.0 Å². The summed E-state index contributed by atoms with van der Waals surface area (Å²) < 4.78 is 52.2. The van der Waals surface area contributed by atoms with E-state index in [9.17, 15) is 19.0 Å². The van der Waals surface area contributed by atoms with Crippen LogP contribution in [0.25, 0.3) is 32.9 Å². The van der Waals surface area contributed by atoms with Gasteiger partial charge in [0.2, 0.25) is 0 Å². The summed E-state index contributed by atoms with van der Waals surface area (Å²) in [6, 6.07) is 5.77. The molecule has 0 spiro atoms. The quantitative estimate of drug-likeness (QED) is 0.248. The molecule has 2 aliphatic heterocycles. The fraction of sp³-hybridized carbons (Fsp3) is 0.485. The first-order valence-corrected chi connectivity index (χ1v) is 15.5. The number of hydrogen-bond donors (Lipinski definition) is 3. The fourth-order valence-electron chi connectivity index (χ4n) is 8.42. The first kappa shape index (κ1) is 27.8. The monoisotopic (exact) mass is 605 g/mol. The van der Waals surface area contributed by atoms with Gasteiger partial charge in [0.05, 0.1) is 17.0 Å². The Morgan fingerprint density at radius 2 is 1.98 bits per heavy atom. The molecule has 3 aliphatic carbocycles. The van der Waals surface area contributed by atoms with Crippen molar-refractivity contribution in [3.05, 3.63) is 47.7 Å². The van der Waals surface area contributed by atoms with Crippen molar-refractivity contribution in [1.29, 1.82) is 0 Å². The summed E-state index contributed by atoms with van der Waals surface area (Å²) in [6.07, 6.45) is 4.77. The largest absolute Gasteiger partial charge is 0.508 e. The third-order valence-corrected chi connectivity index (χ3v) is 10.5. The van der Waals surface area contributed by atoms with E-state index in [0.717, 1.165) is 32.2 Å². The minimum absolute atomic E-state index is 0.0326. The van der Waals surface area contributed by atoms with Gasteiger partial charge in [-0.05, 0) is 85.5 Å². The summed E-state index contributed by atoms with van der Waals surface area (Å²) in [5.74, 6) is -0.692. The van der Waals surface area contributed by atoms with Crippen LogP contribution in [0, 0.1) is 17.6 Å². The molecular weight excluding hydrogens is 571 g/mol. The van der Waals surface area contributed by atoms with Gasteiger partial charge < -0.3 is 20.3 Å². The van der Waals surface area contributed by atoms with Gasteiger partial charge in [-0.15, -0.1) is 0 Å². The highest BCUT2D eigenvalue weighted by Crippen LogP contribution is 2.54. The maximum atomic E-state index is 16.7. The number of benzene rings is 2. The Bertz CT molecular complexity index is 1820. The molecule has 5 aliphatic rings. The van der Waals surface area contributed by atoms with Crippen molar-refractivity contribution in [3.63, 3.8) is 0 Å². The Balaban J connectivity index is 1.26. The van der Waals surface area contributed by atoms with E-state index in [0.29, 0.717) is 53.3 Å². The van der Waals surface area contributed by atoms with Crippen LogP contribution in [0.2, 0.25) is 0 Å². The number of pyridine rings is 1. The molecule has 0 unspecified atom stereocenters. The molecule has 11 heteroatoms. The smallest absolute Gasteiger partial charge is 0.319 e. The van der Waals surface area contributed by atoms with Crippen LogP contribution in [-0.4, -0.2) is 73.1 Å². The van der Waals surface area contributed by atoms with Crippen molar-refractivity contribution in [1.82, 2.24) is 19.9 Å². The zero-order valence-corrected chi connectivity index (χ0v) is 24.4. The molecule has 2 aromatic heterocycles. The highest BCUT2D eigenvalue weighted by atomic mass is 19.1. The second-order valence-electron chi connectivity index (χ2n) is 13.2. The van der Waals surface area contributed by atoms with Crippen LogP contribution in [-0.2, 0) is 6.42 Å². The predicted octanol–water partition coefficient (Wildman–Crippen LogP) is 5.67. The molecule has 4 aromatic rings. The van der Waals surface area contributed by atoms with Crippen molar-refractivity contribution < 1.29 is 28.1 Å². The number of alkyl halides is 1. The number of phenolic OH excluding ortho intramolecular Hbond substituents is 1. The summed E-state index contributed by atoms with van der Waals surface area (Å²) in [6.45, 7) is 3.18. The highest BCUT2D eigenvalue weighted by molar-refractivity contribution is 6.01. The number of phenols is 1. The molecule has 2 bridgehead atoms. The van der Waals surface area contributed by atoms with Gasteiger partial charge in [-0.25, -0.2) is 13.2 Å². The van der Waals surface area contributed by atoms with Gasteiger partial charge >= 0.3 is 6.01 Å². The average molecular weight is 606 g/mol. The van der Waals surface area contributed by atoms with E-state index >= 15 is 4.39 Å². The number of aromatic nitrogens is 3. The van der Waals surface area contributed by atoms with Crippen LogP contribution >= 0.6 is 0 Å². The van der Waals surface area contributed by atoms with Crippen molar-refractivity contribution in [3.8, 4) is 23.0 Å². The molecule has 3 N–H and O–H groups in total. The summed E-state index contributed by atoms with van der Waals surface area (Å²) >= 11 is 0. The van der Waals surface area contributed by atoms with Crippen LogP contribution in [0.1, 0.15) is 51.0 Å². The molecule has 2 aromatic carbocycles. The number of aromatic hydroxyl groups is 1. The first-order chi connectivity index (χ1) is 21.2. The Labute approximate surface area is 252 Å². The maximum absolute atomic E-state index is 16.7. The van der Waals surface area contributed by atoms with Crippen LogP contribution in [0.3, 0.4) is 0 Å². The van der Waals surface area contributed by atoms with Crippen LogP contribution in [0.5, 0.6) is 11.8 Å². The van der Waals surface area contributed by atoms with Crippen LogP contribution < -0.4 is 10.1 Å². The van der Waals surface area contributed by atoms with Gasteiger partial charge in [0.25, 0.3) is 0 Å². The number of hydrogen-bond acceptors (Lipinski definition) is 8. The summed E-state index contributed by atoms with van der Waals surface area (Å²) in [4.78, 5) is 15.8. The van der Waals surface area contributed by atoms with Crippen LogP contribution in [0.4, 0.5) is 19.0 Å². The van der Waals surface area contributed by atoms with E-state index in [-0.39, 0.29) is 46.6 Å². The zero-order chi connectivity index (χ0) is 30.4. The van der Waals surface area contributed by atoms with Gasteiger partial charge in [0.1, 0.15) is 41.4 Å². The highest BCUT2D eigenvalue weighted by Gasteiger charge is 2.56. The molecule has 8 nitrogen and oxygen atoms in total. The van der Waals surface area contributed by atoms with Crippen molar-refractivity contribution in [2.24, 2.45) is 5.92 Å². The molecule has 230 valence electrons. The predicted molar refractivity (Wildman–Crippen MR) is 159 cm³/mol. The lowest BCUT2D eigenvalue weighted by Gasteiger charge is -2.39. The first-order valence-electron chi connectivity index (χ1n) is 15.5. The number of ether oxygens (including phenoxy) is 1. The Morgan fingerprint density at radius 3 is 2.75 bits per heavy atom. The molecule has 3 atom stereocenters. The number of aryl methyl sites for hydroxylation is 1. The van der Waals surface area contributed by atoms with E-state index in [1.54, 1.807) is 6.07 Å². The molecule has 9 rings (SSSR count). The molecule has 0 amide bonds. The van der Waals surface area contributed by atoms with E-state index in [4.69, 9.17) is 4.74 Å². The molecule has 0 radical (unpaired) electrons. The van der Waals surface area contributed by atoms with E-state index in [1.165, 1.54) is 24.4 Å². The third-order valence-electron chi connectivity index (χ3n) is 10.5. The van der Waals surface area contributed by atoms with E-state index < -0.39 is 29.4 Å². The number of aliphatic hydroxyl groups is 1. The SMILES string of the molecule is CCc1c(F)ccc2cc(O)cc(-c3ncc4c(NC56CC(C5)[C@H](O)C6)nc(OC[C@@]56CCCN5C[C@H](F)C6)nc4c3F)c12. The number of nitrogens with zero attached hydrogens (tertiary/aromatic N) is 4. The number of fused-ring (bicyclic) bond motifs is 4. The lowest BCUT2D eigenvalue weighted by atomic mass is 9.77. The fourth-order valence-corrected chi connectivity index (χ4v) is 8.42. The van der Waals surface area contributed by atoms with Gasteiger partial charge in [0.15, 0.2) is 5.82 Å². The second kappa shape index (κ2) is 9.90. The number of rotatable bonds is 7. The Hall–Kier alpha value is -3.70. The number of anilines is 1. The third kappa shape index (κ3) is 4.23. The number of aliphatic hydroxyl groups excluding tert-OH is 1. The number of halogens is 3. The standard InChI is InChI=1S/C33H34F3N5O3/c1-2-21-24(35)5-4-17-8-20(42)9-22(26(17)21)28-27(36)29-23(14-37-28)30(40-32-10-18(11-32)25(43)13-32)39-31(38-29)44-16-33-6-3-7-41(33)15-19(34)12-33/h4-5,8-9,14,18-19,25,42-43H,2-3,6-7,10-13,15-16H2,1H3,(H,38,39,40)/t18?,19-,25-,32?,33+/m1/s1. The topological polar surface area (TPSA) is 104 Å². The van der Waals surface area contributed by atoms with Gasteiger partial charge in [0, 0.05) is 30.3 Å². The molecular formula is C33H34F3N5O3. The van der Waals surface area contributed by atoms with Gasteiger partial charge in [-0.3, -0.25) is 9.88 Å². The van der Waals surface area contributed by atoms with E-state index in [2.05, 4.69) is 25.2 Å². The molecule has 3 saturated carbocycles. The average Bonchev–Trinajstić information content (AvgIpc) is 3.68. The van der Waals surface area contributed by atoms with Crippen molar-refractivity contribution in [2.45, 2.75) is 75.2 Å². The minimum atomic E-state index is -0.922. The second-order valence-corrected chi connectivity index (χ2v) is 13.2. The minimum Gasteiger partial charge on any atom is -0.508 e. The summed E-state index contributed by atoms with van der Waals surface area (Å²) in [7, 11) is 0. The van der Waals surface area contributed by atoms with Gasteiger partial charge in [-0.2, -0.15) is 9.97 Å². The van der Waals surface area contributed by atoms with Crippen molar-refractivity contribution >= 4 is 27.5 Å². The lowest BCUT2D eigenvalue weighted by molar-refractivity contribution is 0.107. The Kier molecular flexibility index (Phi) is 6.26. The lowest BCUT2D eigenvalue weighted by Crippen LogP contribution is -2.44. The zero-order valence-electron chi connectivity index (χ0n) is 24.4. The molecule has 2 saturated heterocycles. The molecule has 44 heavy (non-hydrogen) atoms. The maximum Gasteiger partial charge on any atom is 0.319 e. The molecule has 5 fully saturated rings. The molecule has 4 heterocycles. The summed E-state index contributed by atoms with van der Waals surface area (Å²) in [5, 5.41) is 25.8. The van der Waals surface area contributed by atoms with E-state index in [1.807, 2.05) is 6.92 Å².